The maximum absolute atomic E-state index is 11.7. The Balaban J connectivity index is 2.36. The molecule has 0 aromatic heterocycles. The van der Waals surface area contributed by atoms with E-state index in [0.29, 0.717) is 12.5 Å². The van der Waals surface area contributed by atoms with Gasteiger partial charge in [0, 0.05) is 19.0 Å². The van der Waals surface area contributed by atoms with Crippen molar-refractivity contribution >= 4 is 14.2 Å². The minimum absolute atomic E-state index is 0.211. The highest BCUT2D eigenvalue weighted by atomic mass is 28.4. The van der Waals surface area contributed by atoms with Crippen molar-refractivity contribution in [2.45, 2.75) is 52.2 Å². The van der Waals surface area contributed by atoms with E-state index in [1.54, 1.807) is 0 Å². The molecular weight excluding hydrogens is 230 g/mol. The Hall–Kier alpha value is -0.353. The summed E-state index contributed by atoms with van der Waals surface area (Å²) in [5.41, 5.74) is 0. The van der Waals surface area contributed by atoms with Crippen molar-refractivity contribution in [1.29, 1.82) is 0 Å². The number of hydrogen-bond donors (Lipinski definition) is 0. The van der Waals surface area contributed by atoms with Gasteiger partial charge in [-0.1, -0.05) is 27.7 Å². The zero-order valence-electron chi connectivity index (χ0n) is 12.2. The first-order valence-corrected chi connectivity index (χ1v) is 9.49. The van der Waals surface area contributed by atoms with Gasteiger partial charge in [-0.2, -0.15) is 0 Å². The summed E-state index contributed by atoms with van der Waals surface area (Å²) in [7, 11) is -1.65. The number of nitrogens with zero attached hydrogens (tertiary/aromatic N) is 1. The summed E-state index contributed by atoms with van der Waals surface area (Å²) >= 11 is 0. The molecule has 1 unspecified atom stereocenters. The van der Waals surface area contributed by atoms with Crippen molar-refractivity contribution in [2.24, 2.45) is 5.92 Å². The molecular formula is C13H27NO2Si. The van der Waals surface area contributed by atoms with E-state index >= 15 is 0 Å². The van der Waals surface area contributed by atoms with Crippen molar-refractivity contribution in [1.82, 2.24) is 4.90 Å². The third kappa shape index (κ3) is 3.55. The summed E-state index contributed by atoms with van der Waals surface area (Å²) in [6, 6.07) is 0. The SMILES string of the molecule is CC1CCN(CCO[Si](C)(C)C(C)(C)C)C1=O. The van der Waals surface area contributed by atoms with E-state index in [-0.39, 0.29) is 11.0 Å². The second kappa shape index (κ2) is 5.10. The average molecular weight is 257 g/mol. The highest BCUT2D eigenvalue weighted by molar-refractivity contribution is 6.74. The number of rotatable bonds is 4. The topological polar surface area (TPSA) is 29.5 Å². The highest BCUT2D eigenvalue weighted by Gasteiger charge is 2.37. The largest absolute Gasteiger partial charge is 0.415 e. The number of carbonyl (C=O) groups excluding carboxylic acids is 1. The maximum Gasteiger partial charge on any atom is 0.225 e. The summed E-state index contributed by atoms with van der Waals surface area (Å²) < 4.78 is 6.08. The number of amides is 1. The molecule has 0 bridgehead atoms. The van der Waals surface area contributed by atoms with E-state index < -0.39 is 8.32 Å². The smallest absolute Gasteiger partial charge is 0.225 e. The first-order valence-electron chi connectivity index (χ1n) is 6.58. The molecule has 100 valence electrons. The molecule has 0 saturated carbocycles. The van der Waals surface area contributed by atoms with Crippen LogP contribution in [0.2, 0.25) is 18.1 Å². The summed E-state index contributed by atoms with van der Waals surface area (Å²) in [4.78, 5) is 13.7. The molecule has 1 aliphatic rings. The van der Waals surface area contributed by atoms with E-state index in [1.807, 2.05) is 11.8 Å². The lowest BCUT2D eigenvalue weighted by atomic mass is 10.1. The Morgan fingerprint density at radius 2 is 2.00 bits per heavy atom. The first-order chi connectivity index (χ1) is 7.65. The molecule has 4 heteroatoms. The monoisotopic (exact) mass is 257 g/mol. The summed E-state index contributed by atoms with van der Waals surface area (Å²) in [6.07, 6.45) is 0.999. The van der Waals surface area contributed by atoms with Crippen LogP contribution >= 0.6 is 0 Å². The second-order valence-electron chi connectivity index (χ2n) is 6.62. The molecule has 0 aromatic rings. The van der Waals surface area contributed by atoms with Crippen LogP contribution in [-0.2, 0) is 9.22 Å². The van der Waals surface area contributed by atoms with Gasteiger partial charge in [0.05, 0.1) is 6.61 Å². The molecule has 0 N–H and O–H groups in total. The van der Waals surface area contributed by atoms with Gasteiger partial charge < -0.3 is 9.33 Å². The van der Waals surface area contributed by atoms with Crippen molar-refractivity contribution in [3.8, 4) is 0 Å². The van der Waals surface area contributed by atoms with Gasteiger partial charge in [0.2, 0.25) is 5.91 Å². The molecule has 0 radical (unpaired) electrons. The lowest BCUT2D eigenvalue weighted by Crippen LogP contribution is -2.43. The van der Waals surface area contributed by atoms with E-state index in [2.05, 4.69) is 33.9 Å². The normalized spacial score (nSPS) is 22.4. The van der Waals surface area contributed by atoms with Crippen LogP contribution in [0.15, 0.2) is 0 Å². The van der Waals surface area contributed by atoms with Gasteiger partial charge in [-0.15, -0.1) is 0 Å². The summed E-state index contributed by atoms with van der Waals surface area (Å²) in [5, 5.41) is 0.245. The van der Waals surface area contributed by atoms with Crippen LogP contribution in [0.3, 0.4) is 0 Å². The minimum atomic E-state index is -1.65. The van der Waals surface area contributed by atoms with Crippen LogP contribution in [0.5, 0.6) is 0 Å². The van der Waals surface area contributed by atoms with Gasteiger partial charge in [0.1, 0.15) is 0 Å². The lowest BCUT2D eigenvalue weighted by Gasteiger charge is -2.36. The second-order valence-corrected chi connectivity index (χ2v) is 11.4. The van der Waals surface area contributed by atoms with E-state index in [9.17, 15) is 4.79 Å². The van der Waals surface area contributed by atoms with Crippen LogP contribution in [-0.4, -0.2) is 38.8 Å². The summed E-state index contributed by atoms with van der Waals surface area (Å²) in [5.74, 6) is 0.506. The zero-order valence-corrected chi connectivity index (χ0v) is 13.2. The number of hydrogen-bond acceptors (Lipinski definition) is 2. The Morgan fingerprint density at radius 1 is 1.41 bits per heavy atom. The molecule has 1 saturated heterocycles. The van der Waals surface area contributed by atoms with Crippen molar-refractivity contribution < 1.29 is 9.22 Å². The van der Waals surface area contributed by atoms with Gasteiger partial charge in [-0.05, 0) is 24.6 Å². The third-order valence-corrected chi connectivity index (χ3v) is 8.73. The number of likely N-dealkylation sites (tertiary alicyclic amines) is 1. The van der Waals surface area contributed by atoms with Gasteiger partial charge in [0.25, 0.3) is 0 Å². The van der Waals surface area contributed by atoms with Crippen molar-refractivity contribution in [3.05, 3.63) is 0 Å². The van der Waals surface area contributed by atoms with E-state index in [4.69, 9.17) is 4.43 Å². The maximum atomic E-state index is 11.7. The Kier molecular flexibility index (Phi) is 4.41. The fourth-order valence-corrected chi connectivity index (χ4v) is 2.78. The molecule has 1 heterocycles. The van der Waals surface area contributed by atoms with Crippen LogP contribution in [0.25, 0.3) is 0 Å². The predicted octanol–water partition coefficient (Wildman–Crippen LogP) is 2.88. The number of carbonyl (C=O) groups is 1. The van der Waals surface area contributed by atoms with Crippen LogP contribution < -0.4 is 0 Å². The quantitative estimate of drug-likeness (QED) is 0.725. The van der Waals surface area contributed by atoms with Crippen LogP contribution in [0.4, 0.5) is 0 Å². The fourth-order valence-electron chi connectivity index (χ4n) is 1.74. The van der Waals surface area contributed by atoms with Gasteiger partial charge in [-0.3, -0.25) is 4.79 Å². The molecule has 0 spiro atoms. The molecule has 3 nitrogen and oxygen atoms in total. The minimum Gasteiger partial charge on any atom is -0.415 e. The summed E-state index contributed by atoms with van der Waals surface area (Å²) in [6.45, 7) is 15.6. The van der Waals surface area contributed by atoms with Crippen molar-refractivity contribution in [2.75, 3.05) is 19.7 Å². The molecule has 17 heavy (non-hydrogen) atoms. The Morgan fingerprint density at radius 3 is 2.41 bits per heavy atom. The van der Waals surface area contributed by atoms with Gasteiger partial charge in [-0.25, -0.2) is 0 Å². The van der Waals surface area contributed by atoms with Gasteiger partial charge in [0.15, 0.2) is 8.32 Å². The third-order valence-electron chi connectivity index (χ3n) is 4.20. The molecule has 0 aromatic carbocycles. The zero-order chi connectivity index (χ0) is 13.3. The van der Waals surface area contributed by atoms with Crippen LogP contribution in [0, 0.1) is 5.92 Å². The Bertz CT molecular complexity index is 284. The molecule has 1 amide bonds. The first kappa shape index (κ1) is 14.7. The highest BCUT2D eigenvalue weighted by Crippen LogP contribution is 2.36. The van der Waals surface area contributed by atoms with Crippen LogP contribution in [0.1, 0.15) is 34.1 Å². The fraction of sp³-hybridized carbons (Fsp3) is 0.923. The molecule has 1 atom stereocenters. The average Bonchev–Trinajstić information content (AvgIpc) is 2.47. The Labute approximate surface area is 107 Å². The molecule has 1 fully saturated rings. The molecule has 1 aliphatic heterocycles. The predicted molar refractivity (Wildman–Crippen MR) is 73.5 cm³/mol. The van der Waals surface area contributed by atoms with E-state index in [0.717, 1.165) is 19.5 Å². The van der Waals surface area contributed by atoms with E-state index in [1.165, 1.54) is 0 Å². The van der Waals surface area contributed by atoms with Crippen molar-refractivity contribution in [3.63, 3.8) is 0 Å². The van der Waals surface area contributed by atoms with Gasteiger partial charge >= 0.3 is 0 Å². The standard InChI is InChI=1S/C13H27NO2Si/c1-11-7-8-14(12(11)15)9-10-16-17(5,6)13(2,3)4/h11H,7-10H2,1-6H3. The molecule has 0 aliphatic carbocycles. The lowest BCUT2D eigenvalue weighted by molar-refractivity contribution is -0.130. The molecule has 1 rings (SSSR count).